The van der Waals surface area contributed by atoms with Crippen LogP contribution in [0.1, 0.15) is 56.5 Å². The monoisotopic (exact) mass is 468 g/mol. The first-order valence-corrected chi connectivity index (χ1v) is 11.0. The normalized spacial score (nSPS) is 11.6. The highest BCUT2D eigenvalue weighted by Gasteiger charge is 2.32. The van der Waals surface area contributed by atoms with Crippen molar-refractivity contribution in [1.82, 2.24) is 20.6 Å². The minimum absolute atomic E-state index is 0.0519. The van der Waals surface area contributed by atoms with Crippen LogP contribution in [0.3, 0.4) is 0 Å². The summed E-state index contributed by atoms with van der Waals surface area (Å²) in [4.78, 5) is 55.7. The van der Waals surface area contributed by atoms with Gasteiger partial charge in [0.25, 0.3) is 0 Å². The minimum Gasteiger partial charge on any atom is -0.476 e. The largest absolute Gasteiger partial charge is 0.476 e. The molecule has 0 saturated carbocycles. The lowest BCUT2D eigenvalue weighted by atomic mass is 9.96. The zero-order chi connectivity index (χ0) is 23.4. The lowest BCUT2D eigenvalue weighted by Gasteiger charge is -2.27. The second-order valence-corrected chi connectivity index (χ2v) is 9.90. The molecule has 168 valence electrons. The number of alkyl carbamates (subject to hydrolysis) is 1. The van der Waals surface area contributed by atoms with Crippen molar-refractivity contribution in [2.24, 2.45) is 0 Å². The number of aromatic nitrogens is 2. The second kappa shape index (κ2) is 9.52. The van der Waals surface area contributed by atoms with Crippen molar-refractivity contribution in [2.45, 2.75) is 58.7 Å². The summed E-state index contributed by atoms with van der Waals surface area (Å²) >= 11 is 2.44. The van der Waals surface area contributed by atoms with Crippen LogP contribution in [-0.4, -0.2) is 50.0 Å². The fraction of sp³-hybridized carbons (Fsp3) is 0.474. The molecule has 0 fully saturated rings. The molecule has 2 amide bonds. The molecule has 0 atom stereocenters. The van der Waals surface area contributed by atoms with E-state index in [1.54, 1.807) is 26.2 Å². The minimum atomic E-state index is -1.28. The Morgan fingerprint density at radius 1 is 1.06 bits per heavy atom. The fourth-order valence-electron chi connectivity index (χ4n) is 2.21. The molecule has 0 bridgehead atoms. The molecule has 0 saturated heterocycles. The second-order valence-electron chi connectivity index (χ2n) is 8.10. The standard InChI is InChI=1S/C19H24N4O6S2/c1-18(2,3)29-17(28)23-19(4,5)12(24)6-13(25)20-7-14-21-10(8-30-14)15-22-11(9-31-15)16(26)27/h8-9H,6-7H2,1-5H3,(H,20,25)(H,23,28)(H,26,27). The van der Waals surface area contributed by atoms with Crippen molar-refractivity contribution in [2.75, 3.05) is 0 Å². The number of carbonyl (C=O) groups is 4. The van der Waals surface area contributed by atoms with Gasteiger partial charge < -0.3 is 20.5 Å². The average Bonchev–Trinajstić information content (AvgIpc) is 3.27. The number of rotatable bonds is 8. The number of ether oxygens (including phenoxy) is 1. The van der Waals surface area contributed by atoms with Gasteiger partial charge in [-0.15, -0.1) is 22.7 Å². The van der Waals surface area contributed by atoms with E-state index in [1.165, 1.54) is 30.6 Å². The number of carboxylic acids is 1. The number of hydrogen-bond acceptors (Lipinski definition) is 9. The predicted octanol–water partition coefficient (Wildman–Crippen LogP) is 2.84. The smallest absolute Gasteiger partial charge is 0.408 e. The Bertz CT molecular complexity index is 990. The third-order valence-corrected chi connectivity index (χ3v) is 5.48. The third kappa shape index (κ3) is 7.40. The molecular formula is C19H24N4O6S2. The number of nitrogens with zero attached hydrogens (tertiary/aromatic N) is 2. The number of carbonyl (C=O) groups excluding carboxylic acids is 3. The zero-order valence-electron chi connectivity index (χ0n) is 17.8. The summed E-state index contributed by atoms with van der Waals surface area (Å²) in [5.74, 6) is -2.10. The Labute approximate surface area is 187 Å². The molecule has 10 nitrogen and oxygen atoms in total. The van der Waals surface area contributed by atoms with Gasteiger partial charge in [-0.05, 0) is 34.6 Å². The number of aromatic carboxylic acids is 1. The highest BCUT2D eigenvalue weighted by Crippen LogP contribution is 2.25. The van der Waals surface area contributed by atoms with Crippen LogP contribution < -0.4 is 10.6 Å². The van der Waals surface area contributed by atoms with E-state index >= 15 is 0 Å². The molecule has 0 unspecified atom stereocenters. The van der Waals surface area contributed by atoms with Crippen molar-refractivity contribution in [3.05, 3.63) is 21.5 Å². The molecule has 12 heteroatoms. The van der Waals surface area contributed by atoms with E-state index in [2.05, 4.69) is 20.6 Å². The highest BCUT2D eigenvalue weighted by molar-refractivity contribution is 7.14. The van der Waals surface area contributed by atoms with Gasteiger partial charge in [-0.1, -0.05) is 0 Å². The first-order valence-electron chi connectivity index (χ1n) is 9.21. The van der Waals surface area contributed by atoms with Crippen molar-refractivity contribution in [3.63, 3.8) is 0 Å². The first-order chi connectivity index (χ1) is 14.3. The van der Waals surface area contributed by atoms with Gasteiger partial charge in [0, 0.05) is 10.8 Å². The molecule has 0 aromatic carbocycles. The van der Waals surface area contributed by atoms with Crippen LogP contribution in [0.5, 0.6) is 0 Å². The summed E-state index contributed by atoms with van der Waals surface area (Å²) < 4.78 is 5.14. The molecule has 0 aliphatic heterocycles. The van der Waals surface area contributed by atoms with E-state index in [9.17, 15) is 19.2 Å². The zero-order valence-corrected chi connectivity index (χ0v) is 19.4. The predicted molar refractivity (Wildman–Crippen MR) is 115 cm³/mol. The first kappa shape index (κ1) is 24.4. The van der Waals surface area contributed by atoms with Gasteiger partial charge in [-0.25, -0.2) is 19.6 Å². The molecular weight excluding hydrogens is 444 g/mol. The van der Waals surface area contributed by atoms with E-state index in [0.717, 1.165) is 11.3 Å². The van der Waals surface area contributed by atoms with Gasteiger partial charge in [0.15, 0.2) is 11.5 Å². The summed E-state index contributed by atoms with van der Waals surface area (Å²) in [7, 11) is 0. The van der Waals surface area contributed by atoms with Crippen LogP contribution in [0.2, 0.25) is 0 Å². The van der Waals surface area contributed by atoms with Crippen LogP contribution in [0.15, 0.2) is 10.8 Å². The van der Waals surface area contributed by atoms with E-state index < -0.39 is 41.3 Å². The Morgan fingerprint density at radius 3 is 2.32 bits per heavy atom. The Kier molecular flexibility index (Phi) is 7.49. The molecule has 0 aliphatic rings. The summed E-state index contributed by atoms with van der Waals surface area (Å²) in [5, 5.41) is 18.2. The van der Waals surface area contributed by atoms with Crippen molar-refractivity contribution < 1.29 is 29.0 Å². The molecule has 0 aliphatic carbocycles. The topological polar surface area (TPSA) is 148 Å². The number of hydrogen-bond donors (Lipinski definition) is 3. The Morgan fingerprint density at radius 2 is 1.74 bits per heavy atom. The van der Waals surface area contributed by atoms with Crippen LogP contribution in [0, 0.1) is 0 Å². The highest BCUT2D eigenvalue weighted by atomic mass is 32.1. The van der Waals surface area contributed by atoms with Crippen molar-refractivity contribution in [1.29, 1.82) is 0 Å². The summed E-state index contributed by atoms with van der Waals surface area (Å²) in [6.07, 6.45) is -1.16. The van der Waals surface area contributed by atoms with Gasteiger partial charge in [0.1, 0.15) is 21.3 Å². The van der Waals surface area contributed by atoms with E-state index in [4.69, 9.17) is 9.84 Å². The average molecular weight is 469 g/mol. The van der Waals surface area contributed by atoms with E-state index in [1.807, 2.05) is 0 Å². The van der Waals surface area contributed by atoms with Gasteiger partial charge in [0.05, 0.1) is 18.5 Å². The van der Waals surface area contributed by atoms with Gasteiger partial charge >= 0.3 is 12.1 Å². The SMILES string of the molecule is CC(C)(C)OC(=O)NC(C)(C)C(=O)CC(=O)NCc1nc(-c2nc(C(=O)O)cs2)cs1. The van der Waals surface area contributed by atoms with Gasteiger partial charge in [-0.3, -0.25) is 9.59 Å². The Balaban J connectivity index is 1.87. The fourth-order valence-corrected chi connectivity index (χ4v) is 3.76. The third-order valence-electron chi connectivity index (χ3n) is 3.76. The summed E-state index contributed by atoms with van der Waals surface area (Å²) in [5.41, 5.74) is -1.52. The molecule has 31 heavy (non-hydrogen) atoms. The summed E-state index contributed by atoms with van der Waals surface area (Å²) in [6.45, 7) is 8.22. The number of ketones is 1. The van der Waals surface area contributed by atoms with E-state index in [-0.39, 0.29) is 12.2 Å². The number of amides is 2. The van der Waals surface area contributed by atoms with E-state index in [0.29, 0.717) is 15.7 Å². The molecule has 2 rings (SSSR count). The Hall–Kier alpha value is -2.86. The molecule has 0 spiro atoms. The maximum Gasteiger partial charge on any atom is 0.408 e. The maximum absolute atomic E-state index is 12.4. The lowest BCUT2D eigenvalue weighted by molar-refractivity contribution is -0.131. The molecule has 2 aromatic heterocycles. The number of Topliss-reactive ketones (excluding diaryl/α,β-unsaturated/α-hetero) is 1. The number of nitrogens with one attached hydrogen (secondary N) is 2. The molecule has 0 radical (unpaired) electrons. The molecule has 2 aromatic rings. The van der Waals surface area contributed by atoms with Crippen LogP contribution in [0.4, 0.5) is 4.79 Å². The summed E-state index contributed by atoms with van der Waals surface area (Å²) in [6, 6.07) is 0. The number of thiazole rings is 2. The molecule has 3 N–H and O–H groups in total. The van der Waals surface area contributed by atoms with Crippen LogP contribution in [-0.2, 0) is 20.9 Å². The van der Waals surface area contributed by atoms with Crippen molar-refractivity contribution >= 4 is 46.4 Å². The van der Waals surface area contributed by atoms with Gasteiger partial charge in [-0.2, -0.15) is 0 Å². The lowest BCUT2D eigenvalue weighted by Crippen LogP contribution is -2.52. The van der Waals surface area contributed by atoms with Crippen LogP contribution in [0.25, 0.3) is 10.7 Å². The van der Waals surface area contributed by atoms with Crippen molar-refractivity contribution in [3.8, 4) is 10.7 Å². The quantitative estimate of drug-likeness (QED) is 0.501. The number of carboxylic acid groups (broad SMARTS) is 1. The van der Waals surface area contributed by atoms with Gasteiger partial charge in [0.2, 0.25) is 5.91 Å². The molecule has 2 heterocycles. The van der Waals surface area contributed by atoms with Crippen LogP contribution >= 0.6 is 22.7 Å². The maximum atomic E-state index is 12.4.